The summed E-state index contributed by atoms with van der Waals surface area (Å²) in [5.41, 5.74) is 0.760. The summed E-state index contributed by atoms with van der Waals surface area (Å²) in [4.78, 5) is 30.9. The molecule has 0 radical (unpaired) electrons. The number of benzene rings is 2. The van der Waals surface area contributed by atoms with Crippen molar-refractivity contribution in [3.8, 4) is 11.5 Å². The minimum Gasteiger partial charge on any atom is -0.493 e. The molecule has 0 atom stereocenters. The Balaban J connectivity index is 1.65. The van der Waals surface area contributed by atoms with Gasteiger partial charge in [-0.05, 0) is 18.6 Å². The van der Waals surface area contributed by atoms with Crippen molar-refractivity contribution in [3.63, 3.8) is 0 Å². The summed E-state index contributed by atoms with van der Waals surface area (Å²) < 4.78 is 25.7. The zero-order chi connectivity index (χ0) is 21.7. The lowest BCUT2D eigenvalue weighted by molar-refractivity contribution is -0.130. The standard InChI is InChI=1S/C22H24FN3O4/c1-25(13-15-7-4-5-8-17(15)23)21(27)9-6-10-26-14-24-18-12-20(30-3)19(29-2)11-16(18)22(26)28/h4-5,7-8,11-12,14H,6,9-10,13H2,1-3H3. The van der Waals surface area contributed by atoms with E-state index >= 15 is 0 Å². The zero-order valence-electron chi connectivity index (χ0n) is 17.2. The molecule has 158 valence electrons. The van der Waals surface area contributed by atoms with Gasteiger partial charge in [0.1, 0.15) is 5.82 Å². The van der Waals surface area contributed by atoms with Crippen LogP contribution in [0.4, 0.5) is 4.39 Å². The van der Waals surface area contributed by atoms with E-state index in [1.807, 2.05) is 0 Å². The highest BCUT2D eigenvalue weighted by Crippen LogP contribution is 2.29. The van der Waals surface area contributed by atoms with E-state index in [2.05, 4.69) is 4.98 Å². The van der Waals surface area contributed by atoms with Gasteiger partial charge >= 0.3 is 0 Å². The predicted octanol–water partition coefficient (Wildman–Crippen LogP) is 2.99. The first kappa shape index (κ1) is 21.3. The molecule has 1 heterocycles. The number of aryl methyl sites for hydroxylation is 1. The van der Waals surface area contributed by atoms with Gasteiger partial charge in [-0.2, -0.15) is 0 Å². The molecule has 0 aliphatic heterocycles. The molecule has 0 fully saturated rings. The van der Waals surface area contributed by atoms with Crippen molar-refractivity contribution in [3.05, 3.63) is 64.5 Å². The number of amides is 1. The Kier molecular flexibility index (Phi) is 6.66. The number of hydrogen-bond acceptors (Lipinski definition) is 5. The number of fused-ring (bicyclic) bond motifs is 1. The Hall–Kier alpha value is -3.42. The van der Waals surface area contributed by atoms with E-state index in [1.54, 1.807) is 37.4 Å². The first-order valence-electron chi connectivity index (χ1n) is 9.53. The minimum atomic E-state index is -0.335. The van der Waals surface area contributed by atoms with Gasteiger partial charge < -0.3 is 14.4 Å². The highest BCUT2D eigenvalue weighted by Gasteiger charge is 2.13. The van der Waals surface area contributed by atoms with Crippen LogP contribution in [0, 0.1) is 5.82 Å². The molecule has 0 saturated carbocycles. The van der Waals surface area contributed by atoms with Gasteiger partial charge in [0.25, 0.3) is 5.56 Å². The summed E-state index contributed by atoms with van der Waals surface area (Å²) >= 11 is 0. The fraction of sp³-hybridized carbons (Fsp3) is 0.318. The van der Waals surface area contributed by atoms with Gasteiger partial charge in [0.05, 0.1) is 31.4 Å². The van der Waals surface area contributed by atoms with Crippen molar-refractivity contribution in [2.45, 2.75) is 25.9 Å². The molecule has 0 aliphatic rings. The van der Waals surface area contributed by atoms with Gasteiger partial charge in [-0.3, -0.25) is 14.2 Å². The second-order valence-electron chi connectivity index (χ2n) is 6.91. The third-order valence-electron chi connectivity index (χ3n) is 4.91. The van der Waals surface area contributed by atoms with E-state index in [4.69, 9.17) is 9.47 Å². The SMILES string of the molecule is COc1cc2ncn(CCCC(=O)N(C)Cc3ccccc3F)c(=O)c2cc1OC. The van der Waals surface area contributed by atoms with Crippen molar-refractivity contribution >= 4 is 16.8 Å². The molecule has 3 rings (SSSR count). The van der Waals surface area contributed by atoms with E-state index in [1.165, 1.54) is 36.1 Å². The molecule has 0 spiro atoms. The Bertz CT molecular complexity index is 1110. The second-order valence-corrected chi connectivity index (χ2v) is 6.91. The first-order chi connectivity index (χ1) is 14.4. The number of aromatic nitrogens is 2. The van der Waals surface area contributed by atoms with E-state index in [0.29, 0.717) is 40.9 Å². The Morgan fingerprint density at radius 1 is 1.17 bits per heavy atom. The summed E-state index contributed by atoms with van der Waals surface area (Å²) in [6, 6.07) is 9.64. The average Bonchev–Trinajstić information content (AvgIpc) is 2.75. The van der Waals surface area contributed by atoms with Crippen LogP contribution >= 0.6 is 0 Å². The molecule has 0 saturated heterocycles. The monoisotopic (exact) mass is 413 g/mol. The third kappa shape index (κ3) is 4.59. The normalized spacial score (nSPS) is 10.8. The van der Waals surface area contributed by atoms with Crippen LogP contribution in [-0.2, 0) is 17.9 Å². The smallest absolute Gasteiger partial charge is 0.261 e. The summed E-state index contributed by atoms with van der Waals surface area (Å²) in [6.45, 7) is 0.542. The van der Waals surface area contributed by atoms with Crippen LogP contribution in [0.1, 0.15) is 18.4 Å². The van der Waals surface area contributed by atoms with Crippen LogP contribution in [0.15, 0.2) is 47.5 Å². The van der Waals surface area contributed by atoms with Crippen LogP contribution < -0.4 is 15.0 Å². The maximum atomic E-state index is 13.8. The Labute approximate surface area is 173 Å². The molecule has 2 aromatic carbocycles. The topological polar surface area (TPSA) is 73.7 Å². The number of methoxy groups -OCH3 is 2. The summed E-state index contributed by atoms with van der Waals surface area (Å²) in [6.07, 6.45) is 2.16. The van der Waals surface area contributed by atoms with Crippen LogP contribution in [-0.4, -0.2) is 41.6 Å². The van der Waals surface area contributed by atoms with Crippen molar-refractivity contribution in [2.24, 2.45) is 0 Å². The summed E-state index contributed by atoms with van der Waals surface area (Å²) in [7, 11) is 4.66. The van der Waals surface area contributed by atoms with Crippen molar-refractivity contribution in [1.29, 1.82) is 0 Å². The molecule has 0 aliphatic carbocycles. The molecule has 1 amide bonds. The van der Waals surface area contributed by atoms with E-state index in [-0.39, 0.29) is 30.2 Å². The highest BCUT2D eigenvalue weighted by atomic mass is 19.1. The first-order valence-corrected chi connectivity index (χ1v) is 9.53. The van der Waals surface area contributed by atoms with Crippen molar-refractivity contribution in [1.82, 2.24) is 14.5 Å². The second kappa shape index (κ2) is 9.39. The summed E-state index contributed by atoms with van der Waals surface area (Å²) in [5.74, 6) is 0.495. The largest absolute Gasteiger partial charge is 0.493 e. The fourth-order valence-electron chi connectivity index (χ4n) is 3.21. The minimum absolute atomic E-state index is 0.119. The number of hydrogen-bond donors (Lipinski definition) is 0. The van der Waals surface area contributed by atoms with Crippen LogP contribution in [0.5, 0.6) is 11.5 Å². The lowest BCUT2D eigenvalue weighted by atomic mass is 10.2. The van der Waals surface area contributed by atoms with Gasteiger partial charge in [-0.25, -0.2) is 9.37 Å². The number of carbonyl (C=O) groups is 1. The molecule has 1 aromatic heterocycles. The number of nitrogens with zero attached hydrogens (tertiary/aromatic N) is 3. The number of halogens is 1. The Morgan fingerprint density at radius 3 is 2.57 bits per heavy atom. The molecule has 3 aromatic rings. The highest BCUT2D eigenvalue weighted by molar-refractivity contribution is 5.81. The van der Waals surface area contributed by atoms with Gasteiger partial charge in [0, 0.05) is 38.2 Å². The maximum absolute atomic E-state index is 13.8. The molecule has 7 nitrogen and oxygen atoms in total. The van der Waals surface area contributed by atoms with Crippen LogP contribution in [0.25, 0.3) is 10.9 Å². The number of rotatable bonds is 8. The molecule has 8 heteroatoms. The van der Waals surface area contributed by atoms with Crippen LogP contribution in [0.3, 0.4) is 0 Å². The predicted molar refractivity (Wildman–Crippen MR) is 111 cm³/mol. The molecule has 0 unspecified atom stereocenters. The van der Waals surface area contributed by atoms with Gasteiger partial charge in [-0.1, -0.05) is 18.2 Å². The van der Waals surface area contributed by atoms with Gasteiger partial charge in [0.2, 0.25) is 5.91 Å². The zero-order valence-corrected chi connectivity index (χ0v) is 17.2. The fourth-order valence-corrected chi connectivity index (χ4v) is 3.21. The maximum Gasteiger partial charge on any atom is 0.261 e. The van der Waals surface area contributed by atoms with Gasteiger partial charge in [-0.15, -0.1) is 0 Å². The molecular weight excluding hydrogens is 389 g/mol. The van der Waals surface area contributed by atoms with E-state index in [9.17, 15) is 14.0 Å². The summed E-state index contributed by atoms with van der Waals surface area (Å²) in [5, 5.41) is 0.415. The van der Waals surface area contributed by atoms with E-state index < -0.39 is 0 Å². The lowest BCUT2D eigenvalue weighted by Gasteiger charge is -2.18. The molecular formula is C22H24FN3O4. The van der Waals surface area contributed by atoms with Crippen molar-refractivity contribution < 1.29 is 18.7 Å². The van der Waals surface area contributed by atoms with Crippen LogP contribution in [0.2, 0.25) is 0 Å². The molecule has 30 heavy (non-hydrogen) atoms. The molecule has 0 bridgehead atoms. The van der Waals surface area contributed by atoms with E-state index in [0.717, 1.165) is 0 Å². The Morgan fingerprint density at radius 2 is 1.87 bits per heavy atom. The van der Waals surface area contributed by atoms with Gasteiger partial charge in [0.15, 0.2) is 11.5 Å². The average molecular weight is 413 g/mol. The number of ether oxygens (including phenoxy) is 2. The third-order valence-corrected chi connectivity index (χ3v) is 4.91. The number of carbonyl (C=O) groups excluding carboxylic acids is 1. The van der Waals surface area contributed by atoms with Crippen molar-refractivity contribution in [2.75, 3.05) is 21.3 Å². The quantitative estimate of drug-likeness (QED) is 0.568. The lowest BCUT2D eigenvalue weighted by Crippen LogP contribution is -2.27. The molecule has 0 N–H and O–H groups in total.